The molecular weight excluding hydrogens is 409 g/mol. The second-order valence-electron chi connectivity index (χ2n) is 6.69. The van der Waals surface area contributed by atoms with E-state index < -0.39 is 17.9 Å². The molecule has 10 heteroatoms. The molecule has 3 aromatic heterocycles. The number of carbonyl (C=O) groups excluding carboxylic acids is 1. The summed E-state index contributed by atoms with van der Waals surface area (Å²) < 4.78 is 37.8. The molecule has 0 spiro atoms. The maximum Gasteiger partial charge on any atom is 0.451 e. The van der Waals surface area contributed by atoms with Crippen LogP contribution in [0.3, 0.4) is 0 Å². The van der Waals surface area contributed by atoms with E-state index in [4.69, 9.17) is 0 Å². The lowest BCUT2D eigenvalue weighted by molar-refractivity contribution is -0.145. The van der Waals surface area contributed by atoms with Crippen LogP contribution in [-0.2, 0) is 6.18 Å². The third-order valence-electron chi connectivity index (χ3n) is 4.53. The summed E-state index contributed by atoms with van der Waals surface area (Å²) in [6.07, 6.45) is 2.12. The second-order valence-corrected chi connectivity index (χ2v) is 6.69. The van der Waals surface area contributed by atoms with E-state index in [1.165, 1.54) is 0 Å². The van der Waals surface area contributed by atoms with Crippen molar-refractivity contribution in [1.82, 2.24) is 25.1 Å². The topological polar surface area (TPSA) is 96.5 Å². The monoisotopic (exact) mass is 424 g/mol. The number of benzene rings is 1. The van der Waals surface area contributed by atoms with Gasteiger partial charge in [-0.3, -0.25) is 14.9 Å². The zero-order chi connectivity index (χ0) is 22.0. The predicted octanol–water partition coefficient (Wildman–Crippen LogP) is 4.51. The number of nitrogens with zero attached hydrogens (tertiary/aromatic N) is 4. The Kier molecular flexibility index (Phi) is 5.20. The second kappa shape index (κ2) is 7.98. The number of nitrogens with one attached hydrogen (secondary N) is 2. The van der Waals surface area contributed by atoms with Gasteiger partial charge >= 0.3 is 6.18 Å². The summed E-state index contributed by atoms with van der Waals surface area (Å²) in [5.74, 6) is -1.91. The van der Waals surface area contributed by atoms with E-state index in [-0.39, 0.29) is 5.56 Å². The molecular formula is C21H15F3N6O. The van der Waals surface area contributed by atoms with Crippen molar-refractivity contribution in [3.63, 3.8) is 0 Å². The third-order valence-corrected chi connectivity index (χ3v) is 4.53. The van der Waals surface area contributed by atoms with Crippen LogP contribution in [0.2, 0.25) is 0 Å². The summed E-state index contributed by atoms with van der Waals surface area (Å²) in [6, 6.07) is 9.09. The van der Waals surface area contributed by atoms with Crippen molar-refractivity contribution >= 4 is 11.6 Å². The Morgan fingerprint density at radius 3 is 2.45 bits per heavy atom. The Labute approximate surface area is 174 Å². The highest BCUT2D eigenvalue weighted by Gasteiger charge is 2.34. The van der Waals surface area contributed by atoms with Crippen LogP contribution in [0.25, 0.3) is 22.4 Å². The number of amides is 1. The fraction of sp³-hybridized carbons (Fsp3) is 0.0952. The molecule has 3 heterocycles. The predicted molar refractivity (Wildman–Crippen MR) is 107 cm³/mol. The number of anilines is 1. The van der Waals surface area contributed by atoms with E-state index in [2.05, 4.69) is 30.5 Å². The van der Waals surface area contributed by atoms with Crippen LogP contribution in [0.4, 0.5) is 18.9 Å². The zero-order valence-electron chi connectivity index (χ0n) is 16.1. The standard InChI is InChI=1S/C21H15F3N6O/c1-12-2-3-16(30-19(31)15-8-26-20(27-9-15)21(22,23)24)7-17(12)13-4-5-25-18(6-13)14-10-28-29-11-14/h2-11H,1H3,(H,28,29)(H,30,31). The summed E-state index contributed by atoms with van der Waals surface area (Å²) in [5, 5.41) is 9.34. The summed E-state index contributed by atoms with van der Waals surface area (Å²) in [5.41, 5.74) is 4.70. The Hall–Kier alpha value is -4.08. The molecule has 0 aliphatic heterocycles. The van der Waals surface area contributed by atoms with Gasteiger partial charge in [-0.2, -0.15) is 18.3 Å². The van der Waals surface area contributed by atoms with E-state index in [0.717, 1.165) is 40.3 Å². The number of H-pyrrole nitrogens is 1. The number of alkyl halides is 3. The Bertz CT molecular complexity index is 1220. The lowest BCUT2D eigenvalue weighted by atomic mass is 9.99. The molecule has 1 aromatic carbocycles. The number of rotatable bonds is 4. The van der Waals surface area contributed by atoms with Crippen LogP contribution in [0.15, 0.2) is 61.3 Å². The van der Waals surface area contributed by atoms with Gasteiger partial charge in [-0.15, -0.1) is 0 Å². The fourth-order valence-electron chi connectivity index (χ4n) is 2.95. The molecule has 7 nitrogen and oxygen atoms in total. The van der Waals surface area contributed by atoms with E-state index in [1.54, 1.807) is 30.7 Å². The summed E-state index contributed by atoms with van der Waals surface area (Å²) in [6.45, 7) is 1.93. The number of aromatic nitrogens is 5. The SMILES string of the molecule is Cc1ccc(NC(=O)c2cnc(C(F)(F)F)nc2)cc1-c1ccnc(-c2cn[nH]c2)c1. The number of hydrogen-bond donors (Lipinski definition) is 2. The third kappa shape index (κ3) is 4.42. The molecule has 1 amide bonds. The van der Waals surface area contributed by atoms with Gasteiger partial charge < -0.3 is 5.32 Å². The van der Waals surface area contributed by atoms with Crippen molar-refractivity contribution in [2.45, 2.75) is 13.1 Å². The minimum absolute atomic E-state index is 0.0821. The van der Waals surface area contributed by atoms with Gasteiger partial charge in [0.25, 0.3) is 5.91 Å². The highest BCUT2D eigenvalue weighted by atomic mass is 19.4. The molecule has 0 atom stereocenters. The first-order valence-electron chi connectivity index (χ1n) is 9.08. The molecule has 0 saturated heterocycles. The van der Waals surface area contributed by atoms with Gasteiger partial charge in [-0.1, -0.05) is 6.07 Å². The Morgan fingerprint density at radius 1 is 1.00 bits per heavy atom. The van der Waals surface area contributed by atoms with E-state index in [9.17, 15) is 18.0 Å². The average molecular weight is 424 g/mol. The highest BCUT2D eigenvalue weighted by Crippen LogP contribution is 2.29. The quantitative estimate of drug-likeness (QED) is 0.503. The lowest BCUT2D eigenvalue weighted by Gasteiger charge is -2.11. The Morgan fingerprint density at radius 2 is 1.77 bits per heavy atom. The number of aryl methyl sites for hydroxylation is 1. The molecule has 0 fully saturated rings. The van der Waals surface area contributed by atoms with Crippen molar-refractivity contribution in [3.05, 3.63) is 78.3 Å². The maximum atomic E-state index is 12.6. The van der Waals surface area contributed by atoms with Gasteiger partial charge in [-0.05, 0) is 47.9 Å². The van der Waals surface area contributed by atoms with Crippen molar-refractivity contribution in [2.24, 2.45) is 0 Å². The normalized spacial score (nSPS) is 11.4. The van der Waals surface area contributed by atoms with E-state index >= 15 is 0 Å². The molecule has 0 aliphatic carbocycles. The molecule has 0 unspecified atom stereocenters. The first-order chi connectivity index (χ1) is 14.8. The summed E-state index contributed by atoms with van der Waals surface area (Å²) >= 11 is 0. The maximum absolute atomic E-state index is 12.6. The molecule has 0 radical (unpaired) electrons. The highest BCUT2D eigenvalue weighted by molar-refractivity contribution is 6.04. The van der Waals surface area contributed by atoms with Crippen molar-refractivity contribution < 1.29 is 18.0 Å². The van der Waals surface area contributed by atoms with Crippen LogP contribution >= 0.6 is 0 Å². The molecule has 4 aromatic rings. The summed E-state index contributed by atoms with van der Waals surface area (Å²) in [4.78, 5) is 23.2. The van der Waals surface area contributed by atoms with Crippen molar-refractivity contribution in [2.75, 3.05) is 5.32 Å². The first kappa shape index (κ1) is 20.2. The molecule has 0 aliphatic rings. The number of pyridine rings is 1. The number of carbonyl (C=O) groups is 1. The molecule has 156 valence electrons. The minimum Gasteiger partial charge on any atom is -0.322 e. The van der Waals surface area contributed by atoms with Gasteiger partial charge in [0, 0.05) is 36.0 Å². The van der Waals surface area contributed by atoms with Gasteiger partial charge in [0.1, 0.15) is 0 Å². The molecule has 4 rings (SSSR count). The van der Waals surface area contributed by atoms with E-state index in [0.29, 0.717) is 5.69 Å². The molecule has 31 heavy (non-hydrogen) atoms. The molecule has 2 N–H and O–H groups in total. The van der Waals surface area contributed by atoms with Gasteiger partial charge in [0.15, 0.2) is 0 Å². The van der Waals surface area contributed by atoms with E-state index in [1.807, 2.05) is 25.1 Å². The smallest absolute Gasteiger partial charge is 0.322 e. The average Bonchev–Trinajstić information content (AvgIpc) is 3.30. The van der Waals surface area contributed by atoms with Crippen molar-refractivity contribution in [1.29, 1.82) is 0 Å². The summed E-state index contributed by atoms with van der Waals surface area (Å²) in [7, 11) is 0. The zero-order valence-corrected chi connectivity index (χ0v) is 16.1. The van der Waals surface area contributed by atoms with Crippen LogP contribution in [-0.4, -0.2) is 31.1 Å². The van der Waals surface area contributed by atoms with Crippen LogP contribution < -0.4 is 5.32 Å². The first-order valence-corrected chi connectivity index (χ1v) is 9.08. The van der Waals surface area contributed by atoms with Gasteiger partial charge in [0.05, 0.1) is 17.5 Å². The largest absolute Gasteiger partial charge is 0.451 e. The van der Waals surface area contributed by atoms with Crippen LogP contribution in [0.1, 0.15) is 21.7 Å². The van der Waals surface area contributed by atoms with Gasteiger partial charge in [-0.25, -0.2) is 9.97 Å². The van der Waals surface area contributed by atoms with Crippen molar-refractivity contribution in [3.8, 4) is 22.4 Å². The Balaban J connectivity index is 1.58. The number of halogens is 3. The van der Waals surface area contributed by atoms with Gasteiger partial charge in [0.2, 0.25) is 5.82 Å². The fourth-order valence-corrected chi connectivity index (χ4v) is 2.95. The number of hydrogen-bond acceptors (Lipinski definition) is 5. The van der Waals surface area contributed by atoms with Crippen LogP contribution in [0.5, 0.6) is 0 Å². The lowest BCUT2D eigenvalue weighted by Crippen LogP contribution is -2.16. The number of aromatic amines is 1. The molecule has 0 saturated carbocycles. The molecule has 0 bridgehead atoms. The minimum atomic E-state index is -4.67. The van der Waals surface area contributed by atoms with Crippen LogP contribution in [0, 0.1) is 6.92 Å².